The lowest BCUT2D eigenvalue weighted by molar-refractivity contribution is 0.237. The van der Waals surface area contributed by atoms with E-state index in [-0.39, 0.29) is 0 Å². The molecule has 1 aromatic heterocycles. The molecule has 1 atom stereocenters. The Bertz CT molecular complexity index is 1000. The van der Waals surface area contributed by atoms with E-state index in [0.29, 0.717) is 18.7 Å². The van der Waals surface area contributed by atoms with Crippen molar-refractivity contribution >= 4 is 6.03 Å². The van der Waals surface area contributed by atoms with Crippen LogP contribution < -0.4 is 10.6 Å². The Kier molecular flexibility index (Phi) is 6.26. The van der Waals surface area contributed by atoms with Crippen LogP contribution in [0, 0.1) is 25.5 Å². The number of halogens is 2. The number of hydrogen-bond donors (Lipinski definition) is 2. The van der Waals surface area contributed by atoms with Gasteiger partial charge in [-0.05, 0) is 44.0 Å². The predicted molar refractivity (Wildman–Crippen MR) is 107 cm³/mol. The molecule has 0 fully saturated rings. The number of aromatic nitrogens is 2. The van der Waals surface area contributed by atoms with Crippen LogP contribution in [0.5, 0.6) is 0 Å². The molecule has 1 heterocycles. The lowest BCUT2D eigenvalue weighted by Gasteiger charge is -2.15. The van der Waals surface area contributed by atoms with Gasteiger partial charge in [0.25, 0.3) is 0 Å². The van der Waals surface area contributed by atoms with Crippen molar-refractivity contribution in [1.29, 1.82) is 0 Å². The first-order chi connectivity index (χ1) is 13.8. The number of benzene rings is 2. The molecule has 2 amide bonds. The number of aryl methyl sites for hydroxylation is 1. The number of carbonyl (C=O) groups is 1. The molecule has 5 nitrogen and oxygen atoms in total. The fraction of sp³-hybridized carbons (Fsp3) is 0.273. The summed E-state index contributed by atoms with van der Waals surface area (Å²) >= 11 is 0. The zero-order chi connectivity index (χ0) is 21.0. The van der Waals surface area contributed by atoms with E-state index in [1.54, 1.807) is 6.92 Å². The van der Waals surface area contributed by atoms with Crippen LogP contribution in [0.4, 0.5) is 13.6 Å². The molecule has 2 N–H and O–H groups in total. The summed E-state index contributed by atoms with van der Waals surface area (Å²) in [5.41, 5.74) is 4.43. The lowest BCUT2D eigenvalue weighted by atomic mass is 10.1. The number of nitrogens with zero attached hydrogens (tertiary/aromatic N) is 2. The SMILES string of the molecule is Cc1nn(Cc2ccccc2)c(C)c1CNC(=O)NC(C)c1ccc(F)c(F)c1. The van der Waals surface area contributed by atoms with Crippen LogP contribution in [0.1, 0.15) is 41.0 Å². The molecule has 3 rings (SSSR count). The van der Waals surface area contributed by atoms with Crippen LogP contribution >= 0.6 is 0 Å². The quantitative estimate of drug-likeness (QED) is 0.647. The summed E-state index contributed by atoms with van der Waals surface area (Å²) in [5, 5.41) is 10.1. The van der Waals surface area contributed by atoms with E-state index in [0.717, 1.165) is 34.6 Å². The van der Waals surface area contributed by atoms with Gasteiger partial charge in [-0.3, -0.25) is 4.68 Å². The van der Waals surface area contributed by atoms with E-state index in [2.05, 4.69) is 15.7 Å². The molecule has 0 saturated heterocycles. The van der Waals surface area contributed by atoms with Crippen LogP contribution in [0.2, 0.25) is 0 Å². The Morgan fingerprint density at radius 1 is 1.10 bits per heavy atom. The Morgan fingerprint density at radius 3 is 2.52 bits per heavy atom. The van der Waals surface area contributed by atoms with E-state index in [4.69, 9.17) is 0 Å². The van der Waals surface area contributed by atoms with Gasteiger partial charge in [0.1, 0.15) is 0 Å². The van der Waals surface area contributed by atoms with E-state index in [1.165, 1.54) is 6.07 Å². The molecular formula is C22H24F2N4O. The molecule has 0 aliphatic heterocycles. The first-order valence-electron chi connectivity index (χ1n) is 9.41. The highest BCUT2D eigenvalue weighted by Crippen LogP contribution is 2.17. The second-order valence-corrected chi connectivity index (χ2v) is 7.01. The van der Waals surface area contributed by atoms with Gasteiger partial charge < -0.3 is 10.6 Å². The molecule has 0 aliphatic carbocycles. The maximum atomic E-state index is 13.4. The minimum absolute atomic E-state index is 0.322. The van der Waals surface area contributed by atoms with Crippen LogP contribution in [0.15, 0.2) is 48.5 Å². The normalized spacial score (nSPS) is 11.9. The van der Waals surface area contributed by atoms with Crippen molar-refractivity contribution in [2.24, 2.45) is 0 Å². The predicted octanol–water partition coefficient (Wildman–Crippen LogP) is 4.39. The fourth-order valence-corrected chi connectivity index (χ4v) is 3.18. The maximum Gasteiger partial charge on any atom is 0.315 e. The molecular weight excluding hydrogens is 374 g/mol. The summed E-state index contributed by atoms with van der Waals surface area (Å²) in [6, 6.07) is 12.8. The van der Waals surface area contributed by atoms with E-state index >= 15 is 0 Å². The van der Waals surface area contributed by atoms with Crippen LogP contribution in [0.25, 0.3) is 0 Å². The Morgan fingerprint density at radius 2 is 1.83 bits per heavy atom. The van der Waals surface area contributed by atoms with Gasteiger partial charge in [0.15, 0.2) is 11.6 Å². The number of carbonyl (C=O) groups excluding carboxylic acids is 1. The summed E-state index contributed by atoms with van der Waals surface area (Å²) in [4.78, 5) is 12.3. The van der Waals surface area contributed by atoms with Crippen LogP contribution in [-0.2, 0) is 13.1 Å². The third-order valence-corrected chi connectivity index (χ3v) is 4.92. The zero-order valence-electron chi connectivity index (χ0n) is 16.7. The van der Waals surface area contributed by atoms with Crippen LogP contribution in [0.3, 0.4) is 0 Å². The minimum Gasteiger partial charge on any atom is -0.334 e. The van der Waals surface area contributed by atoms with E-state index in [1.807, 2.05) is 48.9 Å². The van der Waals surface area contributed by atoms with Crippen molar-refractivity contribution in [3.63, 3.8) is 0 Å². The Balaban J connectivity index is 1.60. The van der Waals surface area contributed by atoms with Crippen molar-refractivity contribution in [1.82, 2.24) is 20.4 Å². The molecule has 0 aliphatic rings. The number of hydrogen-bond acceptors (Lipinski definition) is 2. The van der Waals surface area contributed by atoms with Crippen molar-refractivity contribution in [3.8, 4) is 0 Å². The van der Waals surface area contributed by atoms with Gasteiger partial charge in [-0.15, -0.1) is 0 Å². The Labute approximate surface area is 168 Å². The van der Waals surface area contributed by atoms with Gasteiger partial charge in [0.05, 0.1) is 18.3 Å². The fourth-order valence-electron chi connectivity index (χ4n) is 3.18. The number of amides is 2. The van der Waals surface area contributed by atoms with Crippen molar-refractivity contribution < 1.29 is 13.6 Å². The minimum atomic E-state index is -0.936. The molecule has 0 spiro atoms. The standard InChI is InChI=1S/C22H24F2N4O/c1-14(18-9-10-20(23)21(24)11-18)26-22(29)25-12-19-15(2)27-28(16(19)3)13-17-7-5-4-6-8-17/h4-11,14H,12-13H2,1-3H3,(H2,25,26,29). The van der Waals surface area contributed by atoms with E-state index < -0.39 is 23.7 Å². The van der Waals surface area contributed by atoms with Gasteiger partial charge in [0, 0.05) is 17.8 Å². The van der Waals surface area contributed by atoms with Gasteiger partial charge in [-0.1, -0.05) is 36.4 Å². The molecule has 29 heavy (non-hydrogen) atoms. The molecule has 3 aromatic rings. The second-order valence-electron chi connectivity index (χ2n) is 7.01. The van der Waals surface area contributed by atoms with Gasteiger partial charge in [0.2, 0.25) is 0 Å². The summed E-state index contributed by atoms with van der Waals surface area (Å²) < 4.78 is 28.4. The van der Waals surface area contributed by atoms with Gasteiger partial charge >= 0.3 is 6.03 Å². The molecule has 7 heteroatoms. The molecule has 152 valence electrons. The monoisotopic (exact) mass is 398 g/mol. The highest BCUT2D eigenvalue weighted by molar-refractivity contribution is 5.74. The van der Waals surface area contributed by atoms with Gasteiger partial charge in [-0.2, -0.15) is 5.10 Å². The summed E-state index contributed by atoms with van der Waals surface area (Å²) in [6.07, 6.45) is 0. The summed E-state index contributed by atoms with van der Waals surface area (Å²) in [7, 11) is 0. The summed E-state index contributed by atoms with van der Waals surface area (Å²) in [6.45, 7) is 6.57. The molecule has 0 saturated carbocycles. The topological polar surface area (TPSA) is 59.0 Å². The van der Waals surface area contributed by atoms with Crippen molar-refractivity contribution in [2.75, 3.05) is 0 Å². The third kappa shape index (κ3) is 4.99. The number of nitrogens with one attached hydrogen (secondary N) is 2. The first-order valence-corrected chi connectivity index (χ1v) is 9.41. The molecule has 1 unspecified atom stereocenters. The summed E-state index contributed by atoms with van der Waals surface area (Å²) in [5.74, 6) is -1.85. The van der Waals surface area contributed by atoms with Gasteiger partial charge in [-0.25, -0.2) is 13.6 Å². The molecule has 0 bridgehead atoms. The zero-order valence-corrected chi connectivity index (χ0v) is 16.7. The molecule has 0 radical (unpaired) electrons. The first kappa shape index (κ1) is 20.5. The largest absolute Gasteiger partial charge is 0.334 e. The van der Waals surface area contributed by atoms with Crippen LogP contribution in [-0.4, -0.2) is 15.8 Å². The Hall–Kier alpha value is -3.22. The highest BCUT2D eigenvalue weighted by Gasteiger charge is 2.15. The van der Waals surface area contributed by atoms with Crippen molar-refractivity contribution in [3.05, 3.63) is 88.2 Å². The van der Waals surface area contributed by atoms with Crippen molar-refractivity contribution in [2.45, 2.75) is 39.9 Å². The number of urea groups is 1. The average Bonchev–Trinajstić information content (AvgIpc) is 2.96. The molecule has 2 aromatic carbocycles. The second kappa shape index (κ2) is 8.86. The number of rotatable bonds is 6. The van der Waals surface area contributed by atoms with E-state index in [9.17, 15) is 13.6 Å². The smallest absolute Gasteiger partial charge is 0.315 e. The lowest BCUT2D eigenvalue weighted by Crippen LogP contribution is -2.36. The highest BCUT2D eigenvalue weighted by atomic mass is 19.2. The third-order valence-electron chi connectivity index (χ3n) is 4.92. The average molecular weight is 398 g/mol. The maximum absolute atomic E-state index is 13.4.